The van der Waals surface area contributed by atoms with Crippen molar-refractivity contribution < 1.29 is 9.90 Å². The van der Waals surface area contributed by atoms with Crippen LogP contribution in [0.5, 0.6) is 0 Å². The molecule has 5 nitrogen and oxygen atoms in total. The van der Waals surface area contributed by atoms with Crippen LogP contribution in [0.25, 0.3) is 0 Å². The molecule has 0 bridgehead atoms. The van der Waals surface area contributed by atoms with Crippen molar-refractivity contribution in [3.63, 3.8) is 0 Å². The number of anilines is 1. The SMILES string of the molecule is O=C(CN(Cc1ccccc1)[C@@H]1CNC[C@H]1O)Nc1ccc2c(c1)CCC2. The number of carbonyl (C=O) groups excluding carboxylic acids is 1. The van der Waals surface area contributed by atoms with Gasteiger partial charge < -0.3 is 15.7 Å². The fourth-order valence-electron chi connectivity index (χ4n) is 4.17. The van der Waals surface area contributed by atoms with Gasteiger partial charge in [0.1, 0.15) is 0 Å². The fraction of sp³-hybridized carbons (Fsp3) is 0.409. The number of aryl methyl sites for hydroxylation is 2. The van der Waals surface area contributed by atoms with E-state index in [1.54, 1.807) is 0 Å². The van der Waals surface area contributed by atoms with Gasteiger partial charge in [-0.2, -0.15) is 0 Å². The number of benzene rings is 2. The van der Waals surface area contributed by atoms with E-state index in [1.807, 2.05) is 24.3 Å². The number of rotatable bonds is 6. The summed E-state index contributed by atoms with van der Waals surface area (Å²) >= 11 is 0. The zero-order valence-corrected chi connectivity index (χ0v) is 15.5. The molecule has 0 spiro atoms. The summed E-state index contributed by atoms with van der Waals surface area (Å²) in [5, 5.41) is 16.6. The van der Waals surface area contributed by atoms with Crippen molar-refractivity contribution in [2.24, 2.45) is 0 Å². The molecule has 1 fully saturated rings. The molecule has 5 heteroatoms. The Kier molecular flexibility index (Phi) is 5.53. The Balaban J connectivity index is 1.44. The van der Waals surface area contributed by atoms with E-state index >= 15 is 0 Å². The van der Waals surface area contributed by atoms with Crippen LogP contribution in [0.3, 0.4) is 0 Å². The Morgan fingerprint density at radius 2 is 1.93 bits per heavy atom. The number of aliphatic hydroxyl groups excluding tert-OH is 1. The fourth-order valence-corrected chi connectivity index (χ4v) is 4.17. The highest BCUT2D eigenvalue weighted by Gasteiger charge is 2.31. The summed E-state index contributed by atoms with van der Waals surface area (Å²) in [5.41, 5.74) is 4.76. The average Bonchev–Trinajstić information content (AvgIpc) is 3.30. The second-order valence-corrected chi connectivity index (χ2v) is 7.57. The molecule has 27 heavy (non-hydrogen) atoms. The first-order valence-corrected chi connectivity index (χ1v) is 9.77. The average molecular weight is 365 g/mol. The third-order valence-corrected chi connectivity index (χ3v) is 5.58. The largest absolute Gasteiger partial charge is 0.390 e. The molecular weight excluding hydrogens is 338 g/mol. The number of β-amino-alcohol motifs (C(OH)–C–C–N with tert-alkyl or cyclic N) is 1. The Morgan fingerprint density at radius 1 is 1.11 bits per heavy atom. The lowest BCUT2D eigenvalue weighted by Gasteiger charge is -2.30. The van der Waals surface area contributed by atoms with E-state index in [4.69, 9.17) is 0 Å². The van der Waals surface area contributed by atoms with Crippen LogP contribution >= 0.6 is 0 Å². The first-order valence-electron chi connectivity index (χ1n) is 9.77. The second-order valence-electron chi connectivity index (χ2n) is 7.57. The van der Waals surface area contributed by atoms with E-state index in [9.17, 15) is 9.90 Å². The van der Waals surface area contributed by atoms with Crippen molar-refractivity contribution in [2.75, 3.05) is 25.0 Å². The zero-order chi connectivity index (χ0) is 18.6. The Hall–Kier alpha value is -2.21. The van der Waals surface area contributed by atoms with Crippen molar-refractivity contribution in [3.8, 4) is 0 Å². The second kappa shape index (κ2) is 8.21. The molecule has 0 aromatic heterocycles. The van der Waals surface area contributed by atoms with Crippen LogP contribution < -0.4 is 10.6 Å². The molecule has 0 radical (unpaired) electrons. The van der Waals surface area contributed by atoms with Gasteiger partial charge in [0, 0.05) is 25.3 Å². The van der Waals surface area contributed by atoms with Crippen LogP contribution in [0.1, 0.15) is 23.1 Å². The Morgan fingerprint density at radius 3 is 2.70 bits per heavy atom. The van der Waals surface area contributed by atoms with Crippen LogP contribution in [0, 0.1) is 0 Å². The first kappa shape index (κ1) is 18.2. The minimum absolute atomic E-state index is 0.0389. The van der Waals surface area contributed by atoms with Gasteiger partial charge in [0.15, 0.2) is 0 Å². The molecule has 3 N–H and O–H groups in total. The monoisotopic (exact) mass is 365 g/mol. The Bertz CT molecular complexity index is 793. The van der Waals surface area contributed by atoms with E-state index in [0.717, 1.165) is 24.1 Å². The number of carbonyl (C=O) groups is 1. The molecule has 142 valence electrons. The van der Waals surface area contributed by atoms with Crippen molar-refractivity contribution in [1.82, 2.24) is 10.2 Å². The maximum absolute atomic E-state index is 12.7. The molecule has 1 amide bonds. The predicted molar refractivity (Wildman–Crippen MR) is 107 cm³/mol. The van der Waals surface area contributed by atoms with Gasteiger partial charge in [-0.3, -0.25) is 9.69 Å². The molecule has 0 saturated carbocycles. The molecule has 2 aromatic rings. The summed E-state index contributed by atoms with van der Waals surface area (Å²) in [6, 6.07) is 16.3. The van der Waals surface area contributed by atoms with Gasteiger partial charge in [0.2, 0.25) is 5.91 Å². The van der Waals surface area contributed by atoms with Crippen LogP contribution in [0.4, 0.5) is 5.69 Å². The molecule has 4 rings (SSSR count). The topological polar surface area (TPSA) is 64.6 Å². The lowest BCUT2D eigenvalue weighted by atomic mass is 10.1. The van der Waals surface area contributed by atoms with Gasteiger partial charge in [-0.15, -0.1) is 0 Å². The zero-order valence-electron chi connectivity index (χ0n) is 15.5. The minimum atomic E-state index is -0.457. The molecule has 0 unspecified atom stereocenters. The maximum Gasteiger partial charge on any atom is 0.238 e. The summed E-state index contributed by atoms with van der Waals surface area (Å²) in [5.74, 6) is -0.0389. The summed E-state index contributed by atoms with van der Waals surface area (Å²) in [6.45, 7) is 2.17. The van der Waals surface area contributed by atoms with Crippen molar-refractivity contribution in [2.45, 2.75) is 38.0 Å². The highest BCUT2D eigenvalue weighted by Crippen LogP contribution is 2.25. The molecule has 2 aromatic carbocycles. The van der Waals surface area contributed by atoms with Crippen LogP contribution in [0.2, 0.25) is 0 Å². The number of hydrogen-bond acceptors (Lipinski definition) is 4. The highest BCUT2D eigenvalue weighted by molar-refractivity contribution is 5.92. The molecular formula is C22H27N3O2. The lowest BCUT2D eigenvalue weighted by molar-refractivity contribution is -0.118. The normalized spacial score (nSPS) is 21.4. The van der Waals surface area contributed by atoms with E-state index in [2.05, 4.69) is 39.8 Å². The third-order valence-electron chi connectivity index (χ3n) is 5.58. The number of fused-ring (bicyclic) bond motifs is 1. The summed E-state index contributed by atoms with van der Waals surface area (Å²) in [6.07, 6.45) is 2.98. The quantitative estimate of drug-likeness (QED) is 0.732. The summed E-state index contributed by atoms with van der Waals surface area (Å²) in [4.78, 5) is 14.8. The van der Waals surface area contributed by atoms with Crippen molar-refractivity contribution in [3.05, 3.63) is 65.2 Å². The van der Waals surface area contributed by atoms with E-state index in [0.29, 0.717) is 19.6 Å². The van der Waals surface area contributed by atoms with Crippen LogP contribution in [-0.4, -0.2) is 47.7 Å². The summed E-state index contributed by atoms with van der Waals surface area (Å²) in [7, 11) is 0. The van der Waals surface area contributed by atoms with Gasteiger partial charge in [-0.05, 0) is 48.1 Å². The van der Waals surface area contributed by atoms with Gasteiger partial charge in [-0.1, -0.05) is 36.4 Å². The molecule has 2 aliphatic rings. The number of hydrogen-bond donors (Lipinski definition) is 3. The van der Waals surface area contributed by atoms with Crippen LogP contribution in [0.15, 0.2) is 48.5 Å². The van der Waals surface area contributed by atoms with Gasteiger partial charge in [-0.25, -0.2) is 0 Å². The van der Waals surface area contributed by atoms with Gasteiger partial charge in [0.05, 0.1) is 18.7 Å². The number of amides is 1. The lowest BCUT2D eigenvalue weighted by Crippen LogP contribution is -2.46. The summed E-state index contributed by atoms with van der Waals surface area (Å²) < 4.78 is 0. The smallest absolute Gasteiger partial charge is 0.238 e. The molecule has 1 aliphatic heterocycles. The number of nitrogens with one attached hydrogen (secondary N) is 2. The molecule has 2 atom stereocenters. The van der Waals surface area contributed by atoms with E-state index in [-0.39, 0.29) is 18.5 Å². The highest BCUT2D eigenvalue weighted by atomic mass is 16.3. The van der Waals surface area contributed by atoms with Gasteiger partial charge in [0.25, 0.3) is 0 Å². The van der Waals surface area contributed by atoms with E-state index < -0.39 is 6.10 Å². The number of nitrogens with zero attached hydrogens (tertiary/aromatic N) is 1. The third kappa shape index (κ3) is 4.38. The minimum Gasteiger partial charge on any atom is -0.390 e. The van der Waals surface area contributed by atoms with Gasteiger partial charge >= 0.3 is 0 Å². The number of aliphatic hydroxyl groups is 1. The molecule has 1 aliphatic carbocycles. The van der Waals surface area contributed by atoms with Crippen molar-refractivity contribution in [1.29, 1.82) is 0 Å². The molecule has 1 heterocycles. The predicted octanol–water partition coefficient (Wildman–Crippen LogP) is 1.95. The maximum atomic E-state index is 12.7. The standard InChI is InChI=1S/C22H27N3O2/c26-21-13-23-12-20(21)25(14-16-5-2-1-3-6-16)15-22(27)24-19-10-9-17-7-4-8-18(17)11-19/h1-3,5-6,9-11,20-21,23,26H,4,7-8,12-15H2,(H,24,27)/t20-,21-/m1/s1. The Labute approximate surface area is 160 Å². The van der Waals surface area contributed by atoms with Crippen LogP contribution in [-0.2, 0) is 24.2 Å². The molecule has 1 saturated heterocycles. The van der Waals surface area contributed by atoms with E-state index in [1.165, 1.54) is 17.5 Å². The first-order chi connectivity index (χ1) is 13.2. The van der Waals surface area contributed by atoms with Crippen molar-refractivity contribution >= 4 is 11.6 Å².